The molecule has 0 aromatic heterocycles. The average molecular weight is 374 g/mol. The molecule has 1 saturated carbocycles. The van der Waals surface area contributed by atoms with Gasteiger partial charge in [0.05, 0.1) is 17.5 Å². The summed E-state index contributed by atoms with van der Waals surface area (Å²) in [5, 5.41) is 0.00422. The lowest BCUT2D eigenvalue weighted by Gasteiger charge is -2.37. The summed E-state index contributed by atoms with van der Waals surface area (Å²) < 4.78 is 6.04. The van der Waals surface area contributed by atoms with Crippen LogP contribution in [0, 0.1) is 5.92 Å². The highest BCUT2D eigenvalue weighted by Crippen LogP contribution is 2.46. The average Bonchev–Trinajstić information content (AvgIpc) is 2.87. The summed E-state index contributed by atoms with van der Waals surface area (Å²) in [4.78, 5) is 27.6. The Morgan fingerprint density at radius 1 is 1.15 bits per heavy atom. The van der Waals surface area contributed by atoms with Gasteiger partial charge < -0.3 is 9.64 Å². The van der Waals surface area contributed by atoms with Crippen molar-refractivity contribution in [3.05, 3.63) is 46.7 Å². The minimum atomic E-state index is -0.372. The first kappa shape index (κ1) is 17.6. The highest BCUT2D eigenvalue weighted by molar-refractivity contribution is 6.21. The Labute approximate surface area is 159 Å². The van der Waals surface area contributed by atoms with E-state index in [2.05, 4.69) is 26.0 Å². The van der Waals surface area contributed by atoms with E-state index >= 15 is 0 Å². The molecule has 0 saturated heterocycles. The van der Waals surface area contributed by atoms with Crippen molar-refractivity contribution in [2.75, 3.05) is 7.05 Å². The van der Waals surface area contributed by atoms with Gasteiger partial charge in [0.2, 0.25) is 0 Å². The number of alkyl halides is 1. The van der Waals surface area contributed by atoms with Crippen LogP contribution in [-0.4, -0.2) is 35.1 Å². The molecule has 2 aliphatic heterocycles. The number of halogens is 1. The van der Waals surface area contributed by atoms with Crippen LogP contribution in [0.5, 0.6) is 0 Å². The third-order valence-corrected chi connectivity index (χ3v) is 6.33. The molecule has 1 aromatic rings. The maximum Gasteiger partial charge on any atom is 0.289 e. The second kappa shape index (κ2) is 6.41. The molecule has 4 nitrogen and oxygen atoms in total. The number of nitrogens with zero attached hydrogens (tertiary/aromatic N) is 1. The minimum absolute atomic E-state index is 0.00422. The topological polar surface area (TPSA) is 46.6 Å². The second-order valence-corrected chi connectivity index (χ2v) is 8.54. The van der Waals surface area contributed by atoms with Crippen molar-refractivity contribution in [3.8, 4) is 0 Å². The number of benzene rings is 1. The van der Waals surface area contributed by atoms with Crippen LogP contribution in [0.15, 0.2) is 35.6 Å². The van der Waals surface area contributed by atoms with E-state index in [0.29, 0.717) is 17.9 Å². The van der Waals surface area contributed by atoms with E-state index in [0.717, 1.165) is 18.4 Å². The molecule has 26 heavy (non-hydrogen) atoms. The zero-order chi connectivity index (χ0) is 18.6. The van der Waals surface area contributed by atoms with Crippen LogP contribution in [0.1, 0.15) is 56.2 Å². The fraction of sp³-hybridized carbons (Fsp3) is 0.524. The number of rotatable bonds is 2. The zero-order valence-corrected chi connectivity index (χ0v) is 16.1. The van der Waals surface area contributed by atoms with Crippen LogP contribution in [0.25, 0.3) is 0 Å². The molecule has 0 spiro atoms. The van der Waals surface area contributed by atoms with Crippen molar-refractivity contribution in [1.82, 2.24) is 4.90 Å². The Morgan fingerprint density at radius 3 is 2.50 bits per heavy atom. The van der Waals surface area contributed by atoms with Crippen LogP contribution < -0.4 is 0 Å². The highest BCUT2D eigenvalue weighted by Gasteiger charge is 2.51. The third kappa shape index (κ3) is 2.66. The minimum Gasteiger partial charge on any atom is -0.483 e. The monoisotopic (exact) mass is 373 g/mol. The van der Waals surface area contributed by atoms with Gasteiger partial charge in [-0.1, -0.05) is 38.1 Å². The Hall–Kier alpha value is -1.81. The van der Waals surface area contributed by atoms with E-state index in [4.69, 9.17) is 16.3 Å². The van der Waals surface area contributed by atoms with E-state index in [1.54, 1.807) is 11.9 Å². The third-order valence-electron chi connectivity index (χ3n) is 5.93. The zero-order valence-electron chi connectivity index (χ0n) is 15.4. The maximum atomic E-state index is 13.3. The van der Waals surface area contributed by atoms with E-state index in [1.165, 1.54) is 5.56 Å². The molecule has 2 heterocycles. The molecule has 1 aliphatic carbocycles. The van der Waals surface area contributed by atoms with Gasteiger partial charge >= 0.3 is 0 Å². The summed E-state index contributed by atoms with van der Waals surface area (Å²) >= 11 is 6.30. The standard InChI is InChI=1S/C21H24ClNO3/c1-11(2)12-4-6-13(7-5-12)18-17-19(24)15-10-14(22)8-9-16(15)26-20(17)21(25)23(18)3/h4-7,11,14-16,18H,8-10H2,1-3H3. The second-order valence-electron chi connectivity index (χ2n) is 7.92. The summed E-state index contributed by atoms with van der Waals surface area (Å²) in [7, 11) is 1.74. The summed E-state index contributed by atoms with van der Waals surface area (Å²) in [6.07, 6.45) is 1.96. The molecule has 1 fully saturated rings. The number of hydrogen-bond donors (Lipinski definition) is 0. The number of fused-ring (bicyclic) bond motifs is 1. The molecule has 4 unspecified atom stereocenters. The van der Waals surface area contributed by atoms with Crippen molar-refractivity contribution in [1.29, 1.82) is 0 Å². The van der Waals surface area contributed by atoms with Gasteiger partial charge in [-0.3, -0.25) is 9.59 Å². The lowest BCUT2D eigenvalue weighted by atomic mass is 9.77. The lowest BCUT2D eigenvalue weighted by molar-refractivity contribution is -0.134. The van der Waals surface area contributed by atoms with Gasteiger partial charge in [-0.2, -0.15) is 0 Å². The van der Waals surface area contributed by atoms with Gasteiger partial charge in [0.25, 0.3) is 5.91 Å². The van der Waals surface area contributed by atoms with E-state index in [1.807, 2.05) is 12.1 Å². The summed E-state index contributed by atoms with van der Waals surface area (Å²) in [6.45, 7) is 4.29. The number of hydrogen-bond acceptors (Lipinski definition) is 3. The Bertz CT molecular complexity index is 783. The van der Waals surface area contributed by atoms with Gasteiger partial charge in [0.1, 0.15) is 6.10 Å². The predicted octanol–water partition coefficient (Wildman–Crippen LogP) is 3.95. The molecular weight excluding hydrogens is 350 g/mol. The molecule has 0 radical (unpaired) electrons. The van der Waals surface area contributed by atoms with Crippen molar-refractivity contribution in [2.24, 2.45) is 5.92 Å². The van der Waals surface area contributed by atoms with Crippen molar-refractivity contribution in [2.45, 2.75) is 56.6 Å². The molecule has 0 N–H and O–H groups in total. The van der Waals surface area contributed by atoms with Crippen LogP contribution in [-0.2, 0) is 14.3 Å². The van der Waals surface area contributed by atoms with Crippen LogP contribution in [0.3, 0.4) is 0 Å². The van der Waals surface area contributed by atoms with Crippen LogP contribution >= 0.6 is 11.6 Å². The molecule has 0 bridgehead atoms. The first-order chi connectivity index (χ1) is 12.4. The number of ether oxygens (including phenoxy) is 1. The molecule has 4 atom stereocenters. The summed E-state index contributed by atoms with van der Waals surface area (Å²) in [5.74, 6) is 0.298. The van der Waals surface area contributed by atoms with Crippen molar-refractivity contribution >= 4 is 23.3 Å². The fourth-order valence-electron chi connectivity index (χ4n) is 4.38. The number of Topliss-reactive ketones (excluding diaryl/α,β-unsaturated/α-hetero) is 1. The Balaban J connectivity index is 1.73. The SMILES string of the molecule is CC(C)c1ccc(C2C3=C(OC4CCC(Cl)CC4C3=O)C(=O)N2C)cc1. The quantitative estimate of drug-likeness (QED) is 0.737. The summed E-state index contributed by atoms with van der Waals surface area (Å²) in [5.41, 5.74) is 2.70. The molecular formula is C21H24ClNO3. The van der Waals surface area contributed by atoms with E-state index in [-0.39, 0.29) is 40.9 Å². The van der Waals surface area contributed by atoms with Crippen molar-refractivity contribution in [3.63, 3.8) is 0 Å². The number of amides is 1. The smallest absolute Gasteiger partial charge is 0.289 e. The number of likely N-dealkylation sites (N-methyl/N-ethyl adjacent to an activating group) is 1. The lowest BCUT2D eigenvalue weighted by Crippen LogP contribution is -2.41. The maximum absolute atomic E-state index is 13.3. The number of carbonyl (C=O) groups is 2. The normalized spacial score (nSPS) is 31.2. The molecule has 1 aromatic carbocycles. The first-order valence-corrected chi connectivity index (χ1v) is 9.78. The van der Waals surface area contributed by atoms with E-state index < -0.39 is 0 Å². The Morgan fingerprint density at radius 2 is 1.85 bits per heavy atom. The van der Waals surface area contributed by atoms with Gasteiger partial charge in [0.15, 0.2) is 11.5 Å². The summed E-state index contributed by atoms with van der Waals surface area (Å²) in [6, 6.07) is 7.81. The predicted molar refractivity (Wildman–Crippen MR) is 99.9 cm³/mol. The number of ketones is 1. The van der Waals surface area contributed by atoms with Crippen molar-refractivity contribution < 1.29 is 14.3 Å². The van der Waals surface area contributed by atoms with Gasteiger partial charge in [0, 0.05) is 12.4 Å². The molecule has 3 aliphatic rings. The van der Waals surface area contributed by atoms with E-state index in [9.17, 15) is 9.59 Å². The fourth-order valence-corrected chi connectivity index (χ4v) is 4.70. The van der Waals surface area contributed by atoms with Gasteiger partial charge in [-0.05, 0) is 36.3 Å². The molecule has 1 amide bonds. The number of carbonyl (C=O) groups excluding carboxylic acids is 2. The largest absolute Gasteiger partial charge is 0.483 e. The molecule has 5 heteroatoms. The highest BCUT2D eigenvalue weighted by atomic mass is 35.5. The molecule has 4 rings (SSSR count). The van der Waals surface area contributed by atoms with Gasteiger partial charge in [-0.25, -0.2) is 0 Å². The van der Waals surface area contributed by atoms with Crippen LogP contribution in [0.2, 0.25) is 0 Å². The van der Waals surface area contributed by atoms with Gasteiger partial charge in [-0.15, -0.1) is 11.6 Å². The Kier molecular flexibility index (Phi) is 4.34. The first-order valence-electron chi connectivity index (χ1n) is 9.34. The molecule has 138 valence electrons. The van der Waals surface area contributed by atoms with Crippen LogP contribution in [0.4, 0.5) is 0 Å².